The van der Waals surface area contributed by atoms with Crippen LogP contribution in [-0.2, 0) is 0 Å². The van der Waals surface area contributed by atoms with Crippen LogP contribution in [0.15, 0.2) is 53.0 Å². The molecule has 0 spiro atoms. The van der Waals surface area contributed by atoms with E-state index in [1.807, 2.05) is 36.4 Å². The van der Waals surface area contributed by atoms with Gasteiger partial charge in [0.15, 0.2) is 0 Å². The van der Waals surface area contributed by atoms with Crippen molar-refractivity contribution in [1.29, 1.82) is 0 Å². The first-order valence-corrected chi connectivity index (χ1v) is 6.56. The average Bonchev–Trinajstić information content (AvgIpc) is 2.73. The lowest BCUT2D eigenvalue weighted by Crippen LogP contribution is -1.76. The van der Waals surface area contributed by atoms with Gasteiger partial charge in [-0.15, -0.1) is 11.3 Å². The van der Waals surface area contributed by atoms with Gasteiger partial charge in [-0.05, 0) is 18.2 Å². The Morgan fingerprint density at radius 3 is 2.50 bits per heavy atom. The van der Waals surface area contributed by atoms with E-state index in [2.05, 4.69) is 33.0 Å². The van der Waals surface area contributed by atoms with Crippen molar-refractivity contribution >= 4 is 37.5 Å². The van der Waals surface area contributed by atoms with E-state index in [1.54, 1.807) is 11.3 Å². The molecule has 3 rings (SSSR count). The van der Waals surface area contributed by atoms with Gasteiger partial charge in [0.2, 0.25) is 0 Å². The molecule has 16 heavy (non-hydrogen) atoms. The summed E-state index contributed by atoms with van der Waals surface area (Å²) in [5.74, 6) is 0. The predicted molar refractivity (Wildman–Crippen MR) is 72.8 cm³/mol. The van der Waals surface area contributed by atoms with Crippen LogP contribution in [-0.4, -0.2) is 4.98 Å². The summed E-state index contributed by atoms with van der Waals surface area (Å²) in [5.41, 5.74) is 2.22. The van der Waals surface area contributed by atoms with Crippen LogP contribution < -0.4 is 0 Å². The Bertz CT molecular complexity index is 612. The Morgan fingerprint density at radius 2 is 1.69 bits per heavy atom. The van der Waals surface area contributed by atoms with Crippen LogP contribution >= 0.6 is 27.3 Å². The zero-order valence-corrected chi connectivity index (χ0v) is 10.8. The molecule has 0 bridgehead atoms. The number of aromatic nitrogens is 1. The number of hydrogen-bond donors (Lipinski definition) is 0. The molecule has 78 valence electrons. The van der Waals surface area contributed by atoms with E-state index in [1.165, 1.54) is 4.70 Å². The molecule has 0 atom stereocenters. The molecular weight excluding hydrogens is 282 g/mol. The highest BCUT2D eigenvalue weighted by Crippen LogP contribution is 2.33. The summed E-state index contributed by atoms with van der Waals surface area (Å²) >= 11 is 5.28. The zero-order valence-electron chi connectivity index (χ0n) is 8.35. The maximum Gasteiger partial charge on any atom is 0.125 e. The molecule has 0 amide bonds. The monoisotopic (exact) mass is 289 g/mol. The van der Waals surface area contributed by atoms with E-state index >= 15 is 0 Å². The van der Waals surface area contributed by atoms with E-state index in [9.17, 15) is 0 Å². The van der Waals surface area contributed by atoms with Crippen molar-refractivity contribution in [1.82, 2.24) is 4.98 Å². The van der Waals surface area contributed by atoms with E-state index in [-0.39, 0.29) is 0 Å². The molecular formula is C13H8BrNS. The molecule has 1 heterocycles. The lowest BCUT2D eigenvalue weighted by atomic mass is 10.2. The Kier molecular flexibility index (Phi) is 2.50. The maximum absolute atomic E-state index is 4.63. The second-order valence-corrected chi connectivity index (χ2v) is 5.35. The number of para-hydroxylation sites is 1. The summed E-state index contributed by atoms with van der Waals surface area (Å²) in [4.78, 5) is 4.63. The van der Waals surface area contributed by atoms with Gasteiger partial charge >= 0.3 is 0 Å². The van der Waals surface area contributed by atoms with Crippen molar-refractivity contribution in [3.63, 3.8) is 0 Å². The first-order valence-electron chi connectivity index (χ1n) is 4.95. The number of hydrogen-bond acceptors (Lipinski definition) is 2. The highest BCUT2D eigenvalue weighted by molar-refractivity contribution is 9.10. The van der Waals surface area contributed by atoms with E-state index in [0.717, 1.165) is 20.6 Å². The van der Waals surface area contributed by atoms with Gasteiger partial charge in [0.25, 0.3) is 0 Å². The standard InChI is InChI=1S/C13H8BrNS/c14-10-6-2-1-5-9(10)13-15-11-7-3-4-8-12(11)16-13/h1-8H. The van der Waals surface area contributed by atoms with Gasteiger partial charge in [-0.3, -0.25) is 0 Å². The second-order valence-electron chi connectivity index (χ2n) is 3.47. The van der Waals surface area contributed by atoms with Gasteiger partial charge in [-0.2, -0.15) is 0 Å². The first-order chi connectivity index (χ1) is 7.84. The van der Waals surface area contributed by atoms with Crippen LogP contribution in [0.5, 0.6) is 0 Å². The molecule has 0 aliphatic carbocycles. The molecule has 0 radical (unpaired) electrons. The summed E-state index contributed by atoms with van der Waals surface area (Å²) in [6.07, 6.45) is 0. The summed E-state index contributed by atoms with van der Waals surface area (Å²) < 4.78 is 2.32. The van der Waals surface area contributed by atoms with Crippen molar-refractivity contribution in [3.8, 4) is 10.6 Å². The number of fused-ring (bicyclic) bond motifs is 1. The first kappa shape index (κ1) is 10.00. The molecule has 0 aliphatic rings. The van der Waals surface area contributed by atoms with E-state index < -0.39 is 0 Å². The molecule has 2 aromatic carbocycles. The number of thiazole rings is 1. The summed E-state index contributed by atoms with van der Waals surface area (Å²) in [7, 11) is 0. The fourth-order valence-corrected chi connectivity index (χ4v) is 3.23. The smallest absolute Gasteiger partial charge is 0.125 e. The molecule has 0 saturated heterocycles. The quantitative estimate of drug-likeness (QED) is 0.631. The minimum absolute atomic E-state index is 1.06. The Balaban J connectivity index is 2.23. The third kappa shape index (κ3) is 1.66. The van der Waals surface area contributed by atoms with Gasteiger partial charge in [0.05, 0.1) is 10.2 Å². The highest BCUT2D eigenvalue weighted by atomic mass is 79.9. The highest BCUT2D eigenvalue weighted by Gasteiger charge is 2.07. The normalized spacial score (nSPS) is 10.8. The third-order valence-electron chi connectivity index (χ3n) is 2.40. The van der Waals surface area contributed by atoms with Crippen LogP contribution in [0.2, 0.25) is 0 Å². The maximum atomic E-state index is 4.63. The average molecular weight is 290 g/mol. The lowest BCUT2D eigenvalue weighted by Gasteiger charge is -1.97. The minimum atomic E-state index is 1.06. The Morgan fingerprint density at radius 1 is 0.938 bits per heavy atom. The summed E-state index contributed by atoms with van der Waals surface area (Å²) in [5, 5.41) is 1.06. The number of halogens is 1. The minimum Gasteiger partial charge on any atom is -0.236 e. The molecule has 1 aromatic heterocycles. The van der Waals surface area contributed by atoms with Gasteiger partial charge in [-0.1, -0.05) is 46.3 Å². The topological polar surface area (TPSA) is 12.9 Å². The van der Waals surface area contributed by atoms with Gasteiger partial charge in [0, 0.05) is 10.0 Å². The third-order valence-corrected chi connectivity index (χ3v) is 4.16. The SMILES string of the molecule is Brc1ccccc1-c1nc2ccccc2s1. The fourth-order valence-electron chi connectivity index (χ4n) is 1.62. The van der Waals surface area contributed by atoms with Crippen molar-refractivity contribution in [3.05, 3.63) is 53.0 Å². The molecule has 0 saturated carbocycles. The van der Waals surface area contributed by atoms with Gasteiger partial charge in [-0.25, -0.2) is 4.98 Å². The van der Waals surface area contributed by atoms with Crippen molar-refractivity contribution < 1.29 is 0 Å². The Hall–Kier alpha value is -1.19. The van der Waals surface area contributed by atoms with Crippen molar-refractivity contribution in [2.45, 2.75) is 0 Å². The fraction of sp³-hybridized carbons (Fsp3) is 0. The van der Waals surface area contributed by atoms with Crippen LogP contribution in [0, 0.1) is 0 Å². The molecule has 0 unspecified atom stereocenters. The summed E-state index contributed by atoms with van der Waals surface area (Å²) in [6, 6.07) is 16.4. The lowest BCUT2D eigenvalue weighted by molar-refractivity contribution is 1.47. The van der Waals surface area contributed by atoms with Crippen LogP contribution in [0.1, 0.15) is 0 Å². The number of rotatable bonds is 1. The number of nitrogens with zero attached hydrogens (tertiary/aromatic N) is 1. The summed E-state index contributed by atoms with van der Waals surface area (Å²) in [6.45, 7) is 0. The van der Waals surface area contributed by atoms with Gasteiger partial charge in [0.1, 0.15) is 5.01 Å². The number of benzene rings is 2. The predicted octanol–water partition coefficient (Wildman–Crippen LogP) is 4.73. The molecule has 1 nitrogen and oxygen atoms in total. The Labute approximate surface area is 106 Å². The van der Waals surface area contributed by atoms with Crippen LogP contribution in [0.3, 0.4) is 0 Å². The van der Waals surface area contributed by atoms with E-state index in [4.69, 9.17) is 0 Å². The second kappa shape index (κ2) is 4.00. The van der Waals surface area contributed by atoms with Crippen LogP contribution in [0.25, 0.3) is 20.8 Å². The molecule has 3 heteroatoms. The zero-order chi connectivity index (χ0) is 11.0. The molecule has 3 aromatic rings. The van der Waals surface area contributed by atoms with Crippen molar-refractivity contribution in [2.75, 3.05) is 0 Å². The van der Waals surface area contributed by atoms with Crippen molar-refractivity contribution in [2.24, 2.45) is 0 Å². The largest absolute Gasteiger partial charge is 0.236 e. The molecule has 0 fully saturated rings. The van der Waals surface area contributed by atoms with E-state index in [0.29, 0.717) is 0 Å². The van der Waals surface area contributed by atoms with Gasteiger partial charge < -0.3 is 0 Å². The molecule has 0 N–H and O–H groups in total. The molecule has 0 aliphatic heterocycles. The van der Waals surface area contributed by atoms with Crippen LogP contribution in [0.4, 0.5) is 0 Å².